The molecule has 6 rings (SSSR count). The quantitative estimate of drug-likeness (QED) is 0.287. The van der Waals surface area contributed by atoms with Crippen molar-refractivity contribution in [3.05, 3.63) is 97.9 Å². The number of hydrogen-bond acceptors (Lipinski definition) is 8. The third-order valence-electron chi connectivity index (χ3n) is 6.87. The Balaban J connectivity index is 1.29. The van der Waals surface area contributed by atoms with Crippen molar-refractivity contribution in [2.45, 2.75) is 16.2 Å². The van der Waals surface area contributed by atoms with Crippen LogP contribution in [0.2, 0.25) is 5.02 Å². The fourth-order valence-corrected chi connectivity index (χ4v) is 7.72. The van der Waals surface area contributed by atoms with Crippen LogP contribution >= 0.6 is 34.7 Å². The van der Waals surface area contributed by atoms with E-state index in [1.807, 2.05) is 6.07 Å². The number of methoxy groups -OCH3 is 1. The monoisotopic (exact) mass is 607 g/mol. The van der Waals surface area contributed by atoms with Gasteiger partial charge in [-0.1, -0.05) is 59.0 Å². The van der Waals surface area contributed by atoms with Crippen molar-refractivity contribution in [1.29, 1.82) is 0 Å². The van der Waals surface area contributed by atoms with Crippen LogP contribution in [0.3, 0.4) is 0 Å². The van der Waals surface area contributed by atoms with Gasteiger partial charge in [-0.3, -0.25) is 19.2 Å². The molecule has 41 heavy (non-hydrogen) atoms. The Kier molecular flexibility index (Phi) is 7.33. The fraction of sp³-hybridized carbons (Fsp3) is 0.172. The van der Waals surface area contributed by atoms with E-state index in [1.165, 1.54) is 23.8 Å². The van der Waals surface area contributed by atoms with Gasteiger partial charge in [-0.2, -0.15) is 0 Å². The number of ether oxygens (including phenoxy) is 2. The molecule has 12 heteroatoms. The first-order chi connectivity index (χ1) is 19.8. The van der Waals surface area contributed by atoms with E-state index in [1.54, 1.807) is 66.7 Å². The molecule has 1 fully saturated rings. The lowest BCUT2D eigenvalue weighted by Gasteiger charge is -2.30. The number of carbonyl (C=O) groups is 3. The van der Waals surface area contributed by atoms with Gasteiger partial charge in [0, 0.05) is 21.5 Å². The number of hydrogen-bond donors (Lipinski definition) is 2. The zero-order valence-electron chi connectivity index (χ0n) is 21.5. The molecule has 0 radical (unpaired) electrons. The standard InChI is InChI=1S/C29H22ClN3O6S2/c1-38-20-13-15(7-12-19(20)39-14-21(34)31-17-10-8-16(30)9-11-17)22-23-25(40-26-24(22)41-29(37)32-26)28(36)33(27(23)35)18-5-3-2-4-6-18/h2-13,22-23,25H,14H2,1H3,(H,31,34)(H,32,37). The predicted octanol–water partition coefficient (Wildman–Crippen LogP) is 4.91. The van der Waals surface area contributed by atoms with E-state index in [0.717, 1.165) is 11.3 Å². The van der Waals surface area contributed by atoms with Crippen molar-refractivity contribution in [1.82, 2.24) is 4.98 Å². The smallest absolute Gasteiger partial charge is 0.305 e. The summed E-state index contributed by atoms with van der Waals surface area (Å²) in [5, 5.41) is 3.17. The molecule has 3 amide bonds. The van der Waals surface area contributed by atoms with Crippen LogP contribution in [0.15, 0.2) is 82.6 Å². The van der Waals surface area contributed by atoms with Crippen LogP contribution in [0.4, 0.5) is 11.4 Å². The number of halogens is 1. The van der Waals surface area contributed by atoms with Crippen LogP contribution in [0.1, 0.15) is 16.4 Å². The number of para-hydroxylation sites is 1. The summed E-state index contributed by atoms with van der Waals surface area (Å²) in [5.41, 5.74) is 1.77. The molecule has 3 unspecified atom stereocenters. The van der Waals surface area contributed by atoms with E-state index in [9.17, 15) is 19.2 Å². The highest BCUT2D eigenvalue weighted by Gasteiger charge is 2.56. The maximum Gasteiger partial charge on any atom is 0.305 e. The summed E-state index contributed by atoms with van der Waals surface area (Å²) < 4.78 is 11.3. The van der Waals surface area contributed by atoms with E-state index in [0.29, 0.717) is 43.4 Å². The second kappa shape index (κ2) is 11.1. The molecule has 2 aliphatic rings. The lowest BCUT2D eigenvalue weighted by atomic mass is 9.83. The summed E-state index contributed by atoms with van der Waals surface area (Å²) in [6, 6.07) is 20.7. The van der Waals surface area contributed by atoms with Crippen LogP contribution in [0, 0.1) is 5.92 Å². The Hall–Kier alpha value is -4.06. The van der Waals surface area contributed by atoms with Gasteiger partial charge in [0.2, 0.25) is 11.8 Å². The van der Waals surface area contributed by atoms with Crippen LogP contribution < -0.4 is 24.6 Å². The van der Waals surface area contributed by atoms with Crippen molar-refractivity contribution in [3.63, 3.8) is 0 Å². The minimum Gasteiger partial charge on any atom is -0.493 e. The lowest BCUT2D eigenvalue weighted by Crippen LogP contribution is -2.32. The topological polar surface area (TPSA) is 118 Å². The zero-order chi connectivity index (χ0) is 28.7. The van der Waals surface area contributed by atoms with Gasteiger partial charge in [0.05, 0.1) is 23.7 Å². The van der Waals surface area contributed by atoms with E-state index in [-0.39, 0.29) is 29.2 Å². The Morgan fingerprint density at radius 1 is 1.00 bits per heavy atom. The number of imide groups is 1. The largest absolute Gasteiger partial charge is 0.493 e. The van der Waals surface area contributed by atoms with E-state index < -0.39 is 17.1 Å². The average Bonchev–Trinajstić information content (AvgIpc) is 3.47. The minimum absolute atomic E-state index is 0.258. The SMILES string of the molecule is COc1cc(C2c3sc(=O)[nH]c3SC3C(=O)N(c4ccccc4)C(=O)C32)ccc1OCC(=O)Nc1ccc(Cl)cc1. The molecule has 0 saturated carbocycles. The second-order valence-electron chi connectivity index (χ2n) is 9.35. The molecule has 2 N–H and O–H groups in total. The first kappa shape index (κ1) is 27.1. The van der Waals surface area contributed by atoms with Crippen molar-refractivity contribution >= 4 is 63.8 Å². The summed E-state index contributed by atoms with van der Waals surface area (Å²) in [7, 11) is 1.47. The number of nitrogens with one attached hydrogen (secondary N) is 2. The number of thioether (sulfide) groups is 1. The number of fused-ring (bicyclic) bond motifs is 2. The van der Waals surface area contributed by atoms with Crippen LogP contribution in [-0.4, -0.2) is 41.7 Å². The van der Waals surface area contributed by atoms with Crippen LogP contribution in [0.5, 0.6) is 11.5 Å². The molecule has 0 bridgehead atoms. The van der Waals surface area contributed by atoms with Crippen LogP contribution in [0.25, 0.3) is 0 Å². The number of nitrogens with zero attached hydrogens (tertiary/aromatic N) is 1. The number of thiazole rings is 1. The lowest BCUT2D eigenvalue weighted by molar-refractivity contribution is -0.122. The summed E-state index contributed by atoms with van der Waals surface area (Å²) >= 11 is 8.14. The van der Waals surface area contributed by atoms with E-state index >= 15 is 0 Å². The van der Waals surface area contributed by atoms with Gasteiger partial charge >= 0.3 is 4.87 Å². The van der Waals surface area contributed by atoms with Gasteiger partial charge in [0.25, 0.3) is 5.91 Å². The van der Waals surface area contributed by atoms with Crippen molar-refractivity contribution in [2.75, 3.05) is 23.9 Å². The minimum atomic E-state index is -0.728. The number of aromatic nitrogens is 1. The Morgan fingerprint density at radius 3 is 2.49 bits per heavy atom. The number of H-pyrrole nitrogens is 1. The van der Waals surface area contributed by atoms with Gasteiger partial charge in [0.1, 0.15) is 5.25 Å². The summed E-state index contributed by atoms with van der Waals surface area (Å²) in [6.07, 6.45) is 0. The third-order valence-corrected chi connectivity index (χ3v) is 9.52. The number of amides is 3. The zero-order valence-corrected chi connectivity index (χ0v) is 23.8. The number of aromatic amines is 1. The van der Waals surface area contributed by atoms with E-state index in [2.05, 4.69) is 10.3 Å². The molecule has 4 aromatic rings. The highest BCUT2D eigenvalue weighted by Crippen LogP contribution is 2.53. The maximum absolute atomic E-state index is 13.8. The number of anilines is 2. The normalized spacial score (nSPS) is 19.5. The highest BCUT2D eigenvalue weighted by atomic mass is 35.5. The van der Waals surface area contributed by atoms with Gasteiger partial charge < -0.3 is 19.8 Å². The van der Waals surface area contributed by atoms with Gasteiger partial charge in [-0.15, -0.1) is 0 Å². The molecule has 3 aromatic carbocycles. The Labute approximate surface area is 247 Å². The average molecular weight is 608 g/mol. The second-order valence-corrected chi connectivity index (χ2v) is 12.0. The summed E-state index contributed by atoms with van der Waals surface area (Å²) in [5.74, 6) is -1.65. The van der Waals surface area contributed by atoms with Crippen molar-refractivity contribution in [3.8, 4) is 11.5 Å². The summed E-state index contributed by atoms with van der Waals surface area (Å²) in [6.45, 7) is -0.272. The molecule has 208 valence electrons. The van der Waals surface area contributed by atoms with Gasteiger partial charge in [-0.25, -0.2) is 4.90 Å². The van der Waals surface area contributed by atoms with Crippen molar-refractivity contribution < 1.29 is 23.9 Å². The Morgan fingerprint density at radius 2 is 1.76 bits per heavy atom. The molecule has 9 nitrogen and oxygen atoms in total. The molecule has 3 atom stereocenters. The van der Waals surface area contributed by atoms with E-state index in [4.69, 9.17) is 21.1 Å². The summed E-state index contributed by atoms with van der Waals surface area (Å²) in [4.78, 5) is 56.6. The van der Waals surface area contributed by atoms with Crippen molar-refractivity contribution in [2.24, 2.45) is 5.92 Å². The number of rotatable bonds is 7. The number of carbonyl (C=O) groups excluding carboxylic acids is 3. The Bertz CT molecular complexity index is 1710. The first-order valence-corrected chi connectivity index (χ1v) is 14.6. The predicted molar refractivity (Wildman–Crippen MR) is 157 cm³/mol. The molecule has 0 spiro atoms. The molecular formula is C29H22ClN3O6S2. The maximum atomic E-state index is 13.8. The molecular weight excluding hydrogens is 586 g/mol. The van der Waals surface area contributed by atoms with Crippen LogP contribution in [-0.2, 0) is 14.4 Å². The number of benzene rings is 3. The van der Waals surface area contributed by atoms with Gasteiger partial charge in [-0.05, 0) is 54.1 Å². The highest BCUT2D eigenvalue weighted by molar-refractivity contribution is 8.00. The molecule has 3 heterocycles. The molecule has 1 aromatic heterocycles. The first-order valence-electron chi connectivity index (χ1n) is 12.5. The third kappa shape index (κ3) is 5.12. The molecule has 1 saturated heterocycles. The molecule has 0 aliphatic carbocycles. The fourth-order valence-electron chi connectivity index (χ4n) is 5.08. The molecule has 2 aliphatic heterocycles. The van der Waals surface area contributed by atoms with Gasteiger partial charge in [0.15, 0.2) is 18.1 Å².